The molecule has 122 valence electrons. The number of nitrogens with zero attached hydrogens (tertiary/aromatic N) is 1. The second-order valence-corrected chi connectivity index (χ2v) is 6.04. The van der Waals surface area contributed by atoms with Crippen LogP contribution in [-0.4, -0.2) is 18.0 Å². The zero-order valence-electron chi connectivity index (χ0n) is 13.5. The molecule has 0 radical (unpaired) electrons. The van der Waals surface area contributed by atoms with E-state index in [0.717, 1.165) is 28.6 Å². The van der Waals surface area contributed by atoms with Gasteiger partial charge in [0, 0.05) is 11.1 Å². The van der Waals surface area contributed by atoms with Gasteiger partial charge in [0.05, 0.1) is 18.2 Å². The summed E-state index contributed by atoms with van der Waals surface area (Å²) in [5.41, 5.74) is 3.10. The van der Waals surface area contributed by atoms with E-state index in [1.165, 1.54) is 7.11 Å². The van der Waals surface area contributed by atoms with Gasteiger partial charge in [-0.2, -0.15) is 0 Å². The largest absolute Gasteiger partial charge is 0.493 e. The van der Waals surface area contributed by atoms with Crippen molar-refractivity contribution >= 4 is 38.4 Å². The van der Waals surface area contributed by atoms with Gasteiger partial charge >= 0.3 is 0 Å². The fourth-order valence-corrected chi connectivity index (χ4v) is 3.26. The molecule has 0 saturated heterocycles. The zero-order chi connectivity index (χ0) is 17.1. The summed E-state index contributed by atoms with van der Waals surface area (Å²) in [7, 11) is 1.54. The number of para-hydroxylation sites is 2. The van der Waals surface area contributed by atoms with Crippen LogP contribution in [0.5, 0.6) is 5.75 Å². The van der Waals surface area contributed by atoms with E-state index in [1.807, 2.05) is 48.5 Å². The summed E-state index contributed by atoms with van der Waals surface area (Å²) in [6.45, 7) is 2.06. The maximum absolute atomic E-state index is 13.0. The number of benzene rings is 2. The molecule has 0 atom stereocenters. The average molecular weight is 385 g/mol. The van der Waals surface area contributed by atoms with Crippen molar-refractivity contribution in [2.24, 2.45) is 0 Å². The van der Waals surface area contributed by atoms with Crippen molar-refractivity contribution in [1.29, 1.82) is 0 Å². The summed E-state index contributed by atoms with van der Waals surface area (Å²) in [6, 6.07) is 15.3. The molecule has 0 aliphatic rings. The first-order chi connectivity index (χ1) is 11.7. The number of fused-ring (bicyclic) bond motifs is 1. The van der Waals surface area contributed by atoms with Gasteiger partial charge in [-0.25, -0.2) is 4.98 Å². The number of amides is 1. The zero-order valence-corrected chi connectivity index (χ0v) is 15.1. The maximum Gasteiger partial charge on any atom is 0.260 e. The number of carbonyl (C=O) groups is 1. The third kappa shape index (κ3) is 2.99. The molecule has 4 nitrogen and oxygen atoms in total. The Morgan fingerprint density at radius 1 is 1.17 bits per heavy atom. The highest BCUT2D eigenvalue weighted by molar-refractivity contribution is 9.10. The minimum absolute atomic E-state index is 0.216. The predicted octanol–water partition coefficient (Wildman–Crippen LogP) is 4.82. The number of rotatable bonds is 4. The number of hydrogen-bond acceptors (Lipinski definition) is 3. The molecule has 0 unspecified atom stereocenters. The van der Waals surface area contributed by atoms with Gasteiger partial charge in [0.2, 0.25) is 0 Å². The van der Waals surface area contributed by atoms with Gasteiger partial charge in [0.1, 0.15) is 4.60 Å². The normalized spacial score (nSPS) is 10.6. The van der Waals surface area contributed by atoms with Gasteiger partial charge in [0.25, 0.3) is 5.91 Å². The van der Waals surface area contributed by atoms with Crippen LogP contribution < -0.4 is 10.1 Å². The topological polar surface area (TPSA) is 51.2 Å². The molecule has 0 aliphatic carbocycles. The molecule has 1 heterocycles. The van der Waals surface area contributed by atoms with Gasteiger partial charge < -0.3 is 10.1 Å². The van der Waals surface area contributed by atoms with E-state index >= 15 is 0 Å². The van der Waals surface area contributed by atoms with Crippen LogP contribution in [0.2, 0.25) is 0 Å². The Morgan fingerprint density at radius 3 is 2.62 bits per heavy atom. The minimum Gasteiger partial charge on any atom is -0.493 e. The van der Waals surface area contributed by atoms with Gasteiger partial charge in [0.15, 0.2) is 5.75 Å². The van der Waals surface area contributed by atoms with Gasteiger partial charge in [-0.15, -0.1) is 0 Å². The van der Waals surface area contributed by atoms with Crippen molar-refractivity contribution in [1.82, 2.24) is 4.98 Å². The molecule has 1 aromatic heterocycles. The number of ether oxygens (including phenoxy) is 1. The minimum atomic E-state index is -0.216. The van der Waals surface area contributed by atoms with E-state index in [2.05, 4.69) is 33.2 Å². The highest BCUT2D eigenvalue weighted by atomic mass is 79.9. The Kier molecular flexibility index (Phi) is 4.81. The molecule has 5 heteroatoms. The van der Waals surface area contributed by atoms with Gasteiger partial charge in [-0.3, -0.25) is 4.79 Å². The Bertz CT molecular complexity index is 909. The Labute approximate surface area is 149 Å². The standard InChI is InChI=1S/C19H17BrN2O2/c1-3-12-8-4-6-10-14(12)22-19(23)16-13-9-5-7-11-15(13)21-18(20)17(16)24-2/h4-11H,3H2,1-2H3,(H,22,23). The highest BCUT2D eigenvalue weighted by Crippen LogP contribution is 2.34. The SMILES string of the molecule is CCc1ccccc1NC(=O)c1c(OC)c(Br)nc2ccccc12. The van der Waals surface area contributed by atoms with Crippen LogP contribution in [0.15, 0.2) is 53.1 Å². The molecule has 1 N–H and O–H groups in total. The number of hydrogen-bond donors (Lipinski definition) is 1. The third-order valence-corrected chi connectivity index (χ3v) is 4.42. The van der Waals surface area contributed by atoms with Crippen molar-refractivity contribution in [3.05, 3.63) is 64.3 Å². The van der Waals surface area contributed by atoms with Crippen LogP contribution in [0, 0.1) is 0 Å². The monoisotopic (exact) mass is 384 g/mol. The number of pyridine rings is 1. The number of carbonyl (C=O) groups excluding carboxylic acids is 1. The molecular weight excluding hydrogens is 368 g/mol. The van der Waals surface area contributed by atoms with Crippen molar-refractivity contribution in [3.63, 3.8) is 0 Å². The first-order valence-corrected chi connectivity index (χ1v) is 8.46. The Morgan fingerprint density at radius 2 is 1.88 bits per heavy atom. The molecule has 0 aliphatic heterocycles. The number of aryl methyl sites for hydroxylation is 1. The van der Waals surface area contributed by atoms with Crippen LogP contribution in [0.4, 0.5) is 5.69 Å². The molecule has 24 heavy (non-hydrogen) atoms. The van der Waals surface area contributed by atoms with Crippen LogP contribution in [0.25, 0.3) is 10.9 Å². The summed E-state index contributed by atoms with van der Waals surface area (Å²) in [4.78, 5) is 17.4. The van der Waals surface area contributed by atoms with Crippen molar-refractivity contribution < 1.29 is 9.53 Å². The molecule has 3 aromatic rings. The van der Waals surface area contributed by atoms with Crippen LogP contribution >= 0.6 is 15.9 Å². The first-order valence-electron chi connectivity index (χ1n) is 7.67. The molecule has 1 amide bonds. The predicted molar refractivity (Wildman–Crippen MR) is 99.8 cm³/mol. The van der Waals surface area contributed by atoms with Gasteiger partial charge in [-0.1, -0.05) is 43.3 Å². The summed E-state index contributed by atoms with van der Waals surface area (Å²) < 4.78 is 5.94. The lowest BCUT2D eigenvalue weighted by molar-refractivity contribution is 0.102. The van der Waals surface area contributed by atoms with E-state index in [1.54, 1.807) is 0 Å². The summed E-state index contributed by atoms with van der Waals surface area (Å²) in [6.07, 6.45) is 0.842. The molecule has 0 saturated carbocycles. The highest BCUT2D eigenvalue weighted by Gasteiger charge is 2.21. The summed E-state index contributed by atoms with van der Waals surface area (Å²) >= 11 is 3.39. The number of halogens is 1. The molecule has 0 fully saturated rings. The fraction of sp³-hybridized carbons (Fsp3) is 0.158. The van der Waals surface area contributed by atoms with Crippen molar-refractivity contribution in [2.75, 3.05) is 12.4 Å². The van der Waals surface area contributed by atoms with Crippen LogP contribution in [-0.2, 0) is 6.42 Å². The lowest BCUT2D eigenvalue weighted by atomic mass is 10.1. The van der Waals surface area contributed by atoms with Crippen molar-refractivity contribution in [3.8, 4) is 5.75 Å². The fourth-order valence-electron chi connectivity index (χ4n) is 2.71. The van der Waals surface area contributed by atoms with E-state index < -0.39 is 0 Å². The molecule has 0 bridgehead atoms. The summed E-state index contributed by atoms with van der Waals surface area (Å²) in [5.74, 6) is 0.215. The Balaban J connectivity index is 2.12. The van der Waals surface area contributed by atoms with Crippen molar-refractivity contribution in [2.45, 2.75) is 13.3 Å². The van der Waals surface area contributed by atoms with E-state index in [9.17, 15) is 4.79 Å². The van der Waals surface area contributed by atoms with Gasteiger partial charge in [-0.05, 0) is 40.0 Å². The second-order valence-electron chi connectivity index (χ2n) is 5.29. The number of nitrogens with one attached hydrogen (secondary N) is 1. The molecule has 2 aromatic carbocycles. The number of aromatic nitrogens is 1. The van der Waals surface area contributed by atoms with E-state index in [4.69, 9.17) is 4.74 Å². The lowest BCUT2D eigenvalue weighted by Gasteiger charge is -2.15. The maximum atomic E-state index is 13.0. The number of methoxy groups -OCH3 is 1. The second kappa shape index (κ2) is 7.01. The molecular formula is C19H17BrN2O2. The van der Waals surface area contributed by atoms with E-state index in [-0.39, 0.29) is 5.91 Å². The summed E-state index contributed by atoms with van der Waals surface area (Å²) in [5, 5.41) is 3.76. The Hall–Kier alpha value is -2.40. The van der Waals surface area contributed by atoms with E-state index in [0.29, 0.717) is 15.9 Å². The average Bonchev–Trinajstić information content (AvgIpc) is 2.60. The smallest absolute Gasteiger partial charge is 0.260 e. The quantitative estimate of drug-likeness (QED) is 0.655. The van der Waals surface area contributed by atoms with Crippen LogP contribution in [0.1, 0.15) is 22.8 Å². The first kappa shape index (κ1) is 16.5. The molecule has 0 spiro atoms. The third-order valence-electron chi connectivity index (χ3n) is 3.88. The molecule has 3 rings (SSSR count). The van der Waals surface area contributed by atoms with Crippen LogP contribution in [0.3, 0.4) is 0 Å². The lowest BCUT2D eigenvalue weighted by Crippen LogP contribution is -2.15. The number of anilines is 1.